The largest absolute Gasteiger partial charge is 0.366 e. The summed E-state index contributed by atoms with van der Waals surface area (Å²) in [5.74, 6) is 0.790. The molecule has 4 nitrogen and oxygen atoms in total. The van der Waals surface area contributed by atoms with E-state index in [2.05, 4.69) is 5.32 Å². The third-order valence-electron chi connectivity index (χ3n) is 3.58. The highest BCUT2D eigenvalue weighted by molar-refractivity contribution is 5.77. The minimum atomic E-state index is -0.236. The first-order valence-corrected chi connectivity index (χ1v) is 6.61. The molecule has 98 valence electrons. The van der Waals surface area contributed by atoms with Crippen molar-refractivity contribution in [3.63, 3.8) is 0 Å². The topological polar surface area (TPSA) is 41.6 Å². The fraction of sp³-hybridized carbons (Fsp3) is 0.923. The molecule has 2 atom stereocenters. The molecule has 0 spiro atoms. The molecule has 2 rings (SSSR count). The number of amides is 1. The number of nitrogens with zero attached hydrogens (tertiary/aromatic N) is 1. The average molecular weight is 240 g/mol. The van der Waals surface area contributed by atoms with E-state index in [-0.39, 0.29) is 18.1 Å². The van der Waals surface area contributed by atoms with Crippen LogP contribution in [0.15, 0.2) is 0 Å². The van der Waals surface area contributed by atoms with Gasteiger partial charge in [-0.1, -0.05) is 0 Å². The number of carbonyl (C=O) groups excluding carboxylic acids is 1. The van der Waals surface area contributed by atoms with Gasteiger partial charge < -0.3 is 15.0 Å². The molecule has 1 N–H and O–H groups in total. The van der Waals surface area contributed by atoms with E-state index in [4.69, 9.17) is 4.74 Å². The van der Waals surface area contributed by atoms with Crippen molar-refractivity contribution < 1.29 is 9.53 Å². The minimum absolute atomic E-state index is 0.135. The van der Waals surface area contributed by atoms with Gasteiger partial charge in [-0.25, -0.2) is 0 Å². The quantitative estimate of drug-likeness (QED) is 0.783. The van der Waals surface area contributed by atoms with Gasteiger partial charge in [-0.3, -0.25) is 4.79 Å². The monoisotopic (exact) mass is 240 g/mol. The second-order valence-electron chi connectivity index (χ2n) is 6.16. The van der Waals surface area contributed by atoms with Crippen molar-refractivity contribution in [3.05, 3.63) is 0 Å². The Morgan fingerprint density at radius 2 is 2.18 bits per heavy atom. The second kappa shape index (κ2) is 4.94. The number of piperidine rings is 1. The van der Waals surface area contributed by atoms with Crippen LogP contribution in [-0.4, -0.2) is 48.7 Å². The fourth-order valence-corrected chi connectivity index (χ4v) is 2.62. The Morgan fingerprint density at radius 1 is 1.41 bits per heavy atom. The van der Waals surface area contributed by atoms with Crippen LogP contribution >= 0.6 is 0 Å². The third-order valence-corrected chi connectivity index (χ3v) is 3.58. The zero-order valence-corrected chi connectivity index (χ0v) is 11.2. The maximum Gasteiger partial charge on any atom is 0.248 e. The summed E-state index contributed by atoms with van der Waals surface area (Å²) in [6, 6.07) is 0.516. The smallest absolute Gasteiger partial charge is 0.248 e. The lowest BCUT2D eigenvalue weighted by Crippen LogP contribution is -2.41. The van der Waals surface area contributed by atoms with Crippen molar-refractivity contribution in [2.75, 3.05) is 26.2 Å². The van der Waals surface area contributed by atoms with Gasteiger partial charge in [0.25, 0.3) is 0 Å². The van der Waals surface area contributed by atoms with Crippen LogP contribution in [0.2, 0.25) is 0 Å². The predicted octanol–water partition coefficient (Wildman–Crippen LogP) is 1.01. The Kier molecular flexibility index (Phi) is 3.73. The molecule has 1 amide bonds. The molecule has 2 unspecified atom stereocenters. The van der Waals surface area contributed by atoms with E-state index >= 15 is 0 Å². The molecule has 2 saturated heterocycles. The standard InChI is InChI=1S/C13H24N2O2/c1-13(2,3)17-9-12(16)15-7-10-5-4-6-14-11(10)8-15/h10-11,14H,4-9H2,1-3H3. The maximum atomic E-state index is 12.0. The van der Waals surface area contributed by atoms with Gasteiger partial charge in [-0.15, -0.1) is 0 Å². The third kappa shape index (κ3) is 3.42. The number of fused-ring (bicyclic) bond motifs is 1. The molecule has 0 radical (unpaired) electrons. The lowest BCUT2D eigenvalue weighted by atomic mass is 9.94. The summed E-state index contributed by atoms with van der Waals surface area (Å²) in [5.41, 5.74) is -0.236. The Labute approximate surface area is 104 Å². The van der Waals surface area contributed by atoms with Gasteiger partial charge in [-0.2, -0.15) is 0 Å². The molecule has 0 aliphatic carbocycles. The van der Waals surface area contributed by atoms with Crippen LogP contribution in [0.4, 0.5) is 0 Å². The lowest BCUT2D eigenvalue weighted by molar-refractivity contribution is -0.140. The van der Waals surface area contributed by atoms with Crippen LogP contribution in [0, 0.1) is 5.92 Å². The number of carbonyl (C=O) groups is 1. The van der Waals surface area contributed by atoms with Gasteiger partial charge in [-0.05, 0) is 46.1 Å². The van der Waals surface area contributed by atoms with Crippen LogP contribution in [0.5, 0.6) is 0 Å². The highest BCUT2D eigenvalue weighted by Crippen LogP contribution is 2.25. The second-order valence-corrected chi connectivity index (χ2v) is 6.16. The SMILES string of the molecule is CC(C)(C)OCC(=O)N1CC2CCCNC2C1. The number of ether oxygens (including phenoxy) is 1. The van der Waals surface area contributed by atoms with Gasteiger partial charge in [0.2, 0.25) is 5.91 Å². The molecular weight excluding hydrogens is 216 g/mol. The molecule has 2 heterocycles. The summed E-state index contributed by atoms with van der Waals surface area (Å²) in [7, 11) is 0. The molecule has 0 saturated carbocycles. The summed E-state index contributed by atoms with van der Waals surface area (Å²) < 4.78 is 5.55. The highest BCUT2D eigenvalue weighted by atomic mass is 16.5. The Hall–Kier alpha value is -0.610. The van der Waals surface area contributed by atoms with E-state index in [0.29, 0.717) is 12.0 Å². The maximum absolute atomic E-state index is 12.0. The number of hydrogen-bond donors (Lipinski definition) is 1. The van der Waals surface area contributed by atoms with Crippen molar-refractivity contribution in [3.8, 4) is 0 Å². The zero-order chi connectivity index (χ0) is 12.5. The molecule has 0 aromatic heterocycles. The molecule has 17 heavy (non-hydrogen) atoms. The van der Waals surface area contributed by atoms with Crippen molar-refractivity contribution in [2.24, 2.45) is 5.92 Å². The summed E-state index contributed by atoms with van der Waals surface area (Å²) in [4.78, 5) is 14.0. The van der Waals surface area contributed by atoms with Crippen LogP contribution in [0.1, 0.15) is 33.6 Å². The zero-order valence-electron chi connectivity index (χ0n) is 11.2. The molecule has 0 bridgehead atoms. The molecule has 4 heteroatoms. The van der Waals surface area contributed by atoms with Gasteiger partial charge in [0.15, 0.2) is 0 Å². The number of nitrogens with one attached hydrogen (secondary N) is 1. The highest BCUT2D eigenvalue weighted by Gasteiger charge is 2.36. The molecule has 2 aliphatic rings. The van der Waals surface area contributed by atoms with Crippen LogP contribution in [0.25, 0.3) is 0 Å². The molecule has 2 fully saturated rings. The van der Waals surface area contributed by atoms with E-state index in [1.54, 1.807) is 0 Å². The summed E-state index contributed by atoms with van der Waals surface area (Å²) >= 11 is 0. The molecule has 0 aromatic carbocycles. The first-order chi connectivity index (χ1) is 7.96. The molecular formula is C13H24N2O2. The van der Waals surface area contributed by atoms with Crippen molar-refractivity contribution in [2.45, 2.75) is 45.3 Å². The normalized spacial score (nSPS) is 29.2. The number of rotatable bonds is 2. The fourth-order valence-electron chi connectivity index (χ4n) is 2.62. The molecule has 2 aliphatic heterocycles. The Morgan fingerprint density at radius 3 is 2.82 bits per heavy atom. The van der Waals surface area contributed by atoms with E-state index in [9.17, 15) is 4.79 Å². The summed E-state index contributed by atoms with van der Waals surface area (Å²) in [6.45, 7) is 9.01. The number of hydrogen-bond acceptors (Lipinski definition) is 3. The van der Waals surface area contributed by atoms with Crippen LogP contribution in [-0.2, 0) is 9.53 Å². The summed E-state index contributed by atoms with van der Waals surface area (Å²) in [6.07, 6.45) is 2.49. The first kappa shape index (κ1) is 12.8. The van der Waals surface area contributed by atoms with Gasteiger partial charge in [0.05, 0.1) is 5.60 Å². The van der Waals surface area contributed by atoms with Crippen molar-refractivity contribution in [1.29, 1.82) is 0 Å². The number of likely N-dealkylation sites (tertiary alicyclic amines) is 1. The van der Waals surface area contributed by atoms with E-state index in [0.717, 1.165) is 19.6 Å². The predicted molar refractivity (Wildman–Crippen MR) is 66.8 cm³/mol. The van der Waals surface area contributed by atoms with E-state index < -0.39 is 0 Å². The Balaban J connectivity index is 1.81. The van der Waals surface area contributed by atoms with E-state index in [1.165, 1.54) is 12.8 Å². The first-order valence-electron chi connectivity index (χ1n) is 6.61. The molecule has 0 aromatic rings. The lowest BCUT2D eigenvalue weighted by Gasteiger charge is -2.24. The van der Waals surface area contributed by atoms with Crippen molar-refractivity contribution >= 4 is 5.91 Å². The van der Waals surface area contributed by atoms with Crippen LogP contribution < -0.4 is 5.32 Å². The minimum Gasteiger partial charge on any atom is -0.366 e. The van der Waals surface area contributed by atoms with E-state index in [1.807, 2.05) is 25.7 Å². The van der Waals surface area contributed by atoms with Crippen LogP contribution in [0.3, 0.4) is 0 Å². The van der Waals surface area contributed by atoms with Gasteiger partial charge in [0, 0.05) is 19.1 Å². The Bertz CT molecular complexity index is 272. The average Bonchev–Trinajstić information content (AvgIpc) is 2.68. The van der Waals surface area contributed by atoms with Gasteiger partial charge in [0.1, 0.15) is 6.61 Å². The summed E-state index contributed by atoms with van der Waals surface area (Å²) in [5, 5.41) is 3.50. The van der Waals surface area contributed by atoms with Crippen molar-refractivity contribution in [1.82, 2.24) is 10.2 Å². The van der Waals surface area contributed by atoms with Gasteiger partial charge >= 0.3 is 0 Å².